The molecule has 9 nitrogen and oxygen atoms in total. The summed E-state index contributed by atoms with van der Waals surface area (Å²) in [5.41, 5.74) is 5.16. The predicted molar refractivity (Wildman–Crippen MR) is 110 cm³/mol. The molecule has 0 aliphatic carbocycles. The van der Waals surface area contributed by atoms with Gasteiger partial charge in [0.25, 0.3) is 5.91 Å². The fourth-order valence-electron chi connectivity index (χ4n) is 2.76. The summed E-state index contributed by atoms with van der Waals surface area (Å²) in [6.07, 6.45) is -3.87. The molecule has 0 saturated carbocycles. The second kappa shape index (κ2) is 9.10. The topological polar surface area (TPSA) is 129 Å². The summed E-state index contributed by atoms with van der Waals surface area (Å²) >= 11 is 0. The Morgan fingerprint density at radius 1 is 1.09 bits per heavy atom. The average Bonchev–Trinajstić information content (AvgIpc) is 3.15. The molecule has 0 saturated heterocycles. The van der Waals surface area contributed by atoms with Gasteiger partial charge in [-0.15, -0.1) is 0 Å². The number of anilines is 1. The van der Waals surface area contributed by atoms with Crippen LogP contribution in [-0.2, 0) is 15.7 Å². The number of hydrogen-bond donors (Lipinski definition) is 2. The van der Waals surface area contributed by atoms with E-state index in [1.807, 2.05) is 0 Å². The lowest BCUT2D eigenvalue weighted by atomic mass is 10.2. The summed E-state index contributed by atoms with van der Waals surface area (Å²) in [5.74, 6) is -2.01. The lowest BCUT2D eigenvalue weighted by Crippen LogP contribution is -2.30. The molecule has 2 amide bonds. The lowest BCUT2D eigenvalue weighted by molar-refractivity contribution is -0.137. The quantitative estimate of drug-likeness (QED) is 0.543. The van der Waals surface area contributed by atoms with Gasteiger partial charge >= 0.3 is 12.1 Å². The molecule has 0 bridgehead atoms. The van der Waals surface area contributed by atoms with Gasteiger partial charge in [0.1, 0.15) is 5.56 Å². The summed E-state index contributed by atoms with van der Waals surface area (Å²) in [7, 11) is 0. The van der Waals surface area contributed by atoms with Crippen LogP contribution in [0.4, 0.5) is 18.9 Å². The smallest absolute Gasteiger partial charge is 0.417 e. The van der Waals surface area contributed by atoms with Crippen LogP contribution in [0, 0.1) is 6.92 Å². The number of ether oxygens (including phenoxy) is 1. The molecule has 2 aromatic heterocycles. The highest BCUT2D eigenvalue weighted by Gasteiger charge is 2.31. The van der Waals surface area contributed by atoms with E-state index in [4.69, 9.17) is 10.5 Å². The van der Waals surface area contributed by atoms with Crippen LogP contribution in [-0.4, -0.2) is 38.7 Å². The Bertz CT molecular complexity index is 1190. The largest absolute Gasteiger partial charge is 0.449 e. The number of nitrogens with one attached hydrogen (secondary N) is 1. The molecule has 1 atom stereocenters. The van der Waals surface area contributed by atoms with Gasteiger partial charge in [0.15, 0.2) is 11.9 Å². The van der Waals surface area contributed by atoms with Gasteiger partial charge in [0.05, 0.1) is 17.5 Å². The normalized spacial score (nSPS) is 12.2. The van der Waals surface area contributed by atoms with Crippen LogP contribution < -0.4 is 11.1 Å². The Labute approximate surface area is 185 Å². The molecule has 33 heavy (non-hydrogen) atoms. The highest BCUT2D eigenvalue weighted by Crippen LogP contribution is 2.29. The first-order valence-electron chi connectivity index (χ1n) is 9.47. The summed E-state index contributed by atoms with van der Waals surface area (Å²) in [6.45, 7) is 2.87. The molecule has 1 unspecified atom stereocenters. The highest BCUT2D eigenvalue weighted by atomic mass is 19.4. The number of carbonyl (C=O) groups is 3. The molecule has 1 aromatic carbocycles. The van der Waals surface area contributed by atoms with Crippen LogP contribution in [0.1, 0.15) is 38.9 Å². The van der Waals surface area contributed by atoms with Crippen LogP contribution in [0.3, 0.4) is 0 Å². The van der Waals surface area contributed by atoms with Crippen LogP contribution in [0.15, 0.2) is 48.8 Å². The second-order valence-electron chi connectivity index (χ2n) is 6.94. The summed E-state index contributed by atoms with van der Waals surface area (Å²) in [6, 6.07) is 7.78. The van der Waals surface area contributed by atoms with Crippen molar-refractivity contribution in [2.75, 3.05) is 5.32 Å². The predicted octanol–water partition coefficient (Wildman–Crippen LogP) is 2.88. The van der Waals surface area contributed by atoms with Gasteiger partial charge in [-0.1, -0.05) is 0 Å². The van der Waals surface area contributed by atoms with Crippen molar-refractivity contribution in [1.82, 2.24) is 14.8 Å². The Morgan fingerprint density at radius 2 is 1.76 bits per heavy atom. The average molecular weight is 461 g/mol. The monoisotopic (exact) mass is 461 g/mol. The molecule has 0 spiro atoms. The van der Waals surface area contributed by atoms with E-state index in [-0.39, 0.29) is 22.6 Å². The van der Waals surface area contributed by atoms with Crippen molar-refractivity contribution in [2.45, 2.75) is 26.1 Å². The molecule has 2 heterocycles. The number of pyridine rings is 1. The van der Waals surface area contributed by atoms with Crippen molar-refractivity contribution in [2.24, 2.45) is 5.73 Å². The number of carbonyl (C=O) groups excluding carboxylic acids is 3. The maximum absolute atomic E-state index is 12.7. The Hall–Kier alpha value is -4.22. The molecule has 0 aliphatic heterocycles. The van der Waals surface area contributed by atoms with Crippen molar-refractivity contribution < 1.29 is 32.3 Å². The van der Waals surface area contributed by atoms with E-state index in [0.717, 1.165) is 12.1 Å². The molecule has 0 fully saturated rings. The molecular formula is C21H18F3N5O4. The van der Waals surface area contributed by atoms with Gasteiger partial charge in [-0.3, -0.25) is 9.59 Å². The first-order chi connectivity index (χ1) is 15.5. The highest BCUT2D eigenvalue weighted by molar-refractivity contribution is 5.98. The Morgan fingerprint density at radius 3 is 2.30 bits per heavy atom. The number of halogens is 3. The molecule has 0 radical (unpaired) electrons. The minimum Gasteiger partial charge on any atom is -0.449 e. The third-order valence-corrected chi connectivity index (χ3v) is 4.61. The lowest BCUT2D eigenvalue weighted by Gasteiger charge is -2.13. The zero-order chi connectivity index (χ0) is 24.3. The van der Waals surface area contributed by atoms with Crippen molar-refractivity contribution in [3.05, 3.63) is 71.2 Å². The Balaban J connectivity index is 1.67. The van der Waals surface area contributed by atoms with E-state index in [1.54, 1.807) is 0 Å². The van der Waals surface area contributed by atoms with E-state index in [1.165, 1.54) is 49.0 Å². The van der Waals surface area contributed by atoms with Crippen LogP contribution in [0.2, 0.25) is 0 Å². The minimum absolute atomic E-state index is 0.0159. The van der Waals surface area contributed by atoms with Crippen molar-refractivity contribution >= 4 is 23.5 Å². The van der Waals surface area contributed by atoms with Crippen LogP contribution in [0.5, 0.6) is 0 Å². The molecule has 0 aliphatic rings. The zero-order valence-electron chi connectivity index (χ0n) is 17.4. The van der Waals surface area contributed by atoms with Crippen molar-refractivity contribution in [3.63, 3.8) is 0 Å². The van der Waals surface area contributed by atoms with Gasteiger partial charge < -0.3 is 15.8 Å². The first kappa shape index (κ1) is 23.4. The van der Waals surface area contributed by atoms with Gasteiger partial charge in [0, 0.05) is 17.4 Å². The Kier molecular flexibility index (Phi) is 6.47. The van der Waals surface area contributed by atoms with Gasteiger partial charge in [0.2, 0.25) is 5.91 Å². The summed E-state index contributed by atoms with van der Waals surface area (Å²) < 4.78 is 44.5. The number of aromatic nitrogens is 3. The number of nitrogens with two attached hydrogens (primary N) is 1. The number of esters is 1. The van der Waals surface area contributed by atoms with Crippen LogP contribution >= 0.6 is 0 Å². The number of primary amides is 1. The van der Waals surface area contributed by atoms with E-state index in [9.17, 15) is 27.6 Å². The summed E-state index contributed by atoms with van der Waals surface area (Å²) in [5, 5.41) is 6.51. The summed E-state index contributed by atoms with van der Waals surface area (Å²) in [4.78, 5) is 39.7. The third-order valence-electron chi connectivity index (χ3n) is 4.61. The SMILES string of the molecule is Cc1c(C(=O)OC(C)C(=O)Nc2ccc(C(N)=O)cc2)cnn1-c1ccc(C(F)(F)F)cn1. The molecule has 12 heteroatoms. The fourth-order valence-corrected chi connectivity index (χ4v) is 2.76. The van der Waals surface area contributed by atoms with E-state index >= 15 is 0 Å². The number of nitrogens with zero attached hydrogens (tertiary/aromatic N) is 3. The van der Waals surface area contributed by atoms with E-state index < -0.39 is 35.6 Å². The number of amides is 2. The fraction of sp³-hybridized carbons (Fsp3) is 0.190. The standard InChI is InChI=1S/C21H18F3N5O4/c1-11-16(10-27-29(11)17-8-5-14(9-26-17)21(22,23)24)20(32)33-12(2)19(31)28-15-6-3-13(4-7-15)18(25)30/h3-10,12H,1-2H3,(H2,25,30)(H,28,31). The van der Waals surface area contributed by atoms with E-state index in [2.05, 4.69) is 15.4 Å². The number of benzene rings is 1. The van der Waals surface area contributed by atoms with Gasteiger partial charge in [-0.2, -0.15) is 18.3 Å². The zero-order valence-corrected chi connectivity index (χ0v) is 17.4. The molecule has 3 aromatic rings. The first-order valence-corrected chi connectivity index (χ1v) is 9.47. The number of hydrogen-bond acceptors (Lipinski definition) is 6. The molecule has 3 N–H and O–H groups in total. The van der Waals surface area contributed by atoms with Gasteiger partial charge in [-0.25, -0.2) is 14.5 Å². The maximum atomic E-state index is 12.7. The van der Waals surface area contributed by atoms with Crippen molar-refractivity contribution in [1.29, 1.82) is 0 Å². The minimum atomic E-state index is -4.53. The van der Waals surface area contributed by atoms with E-state index in [0.29, 0.717) is 11.9 Å². The molecule has 172 valence electrons. The maximum Gasteiger partial charge on any atom is 0.417 e. The van der Waals surface area contributed by atoms with Gasteiger partial charge in [-0.05, 0) is 50.2 Å². The van der Waals surface area contributed by atoms with Crippen molar-refractivity contribution in [3.8, 4) is 5.82 Å². The number of rotatable bonds is 6. The molecular weight excluding hydrogens is 443 g/mol. The number of alkyl halides is 3. The third kappa shape index (κ3) is 5.34. The molecule has 3 rings (SSSR count). The second-order valence-corrected chi connectivity index (χ2v) is 6.94. The van der Waals surface area contributed by atoms with Crippen LogP contribution in [0.25, 0.3) is 5.82 Å².